The molecule has 1 aromatic rings. The molecule has 0 radical (unpaired) electrons. The number of Topliss-reactive ketones (excluding diaryl/α,β-unsaturated/α-hetero) is 1. The van der Waals surface area contributed by atoms with E-state index in [0.717, 1.165) is 11.1 Å². The normalized spacial score (nSPS) is 21.1. The number of amides is 1. The van der Waals surface area contributed by atoms with Gasteiger partial charge in [-0.1, -0.05) is 12.1 Å². The lowest BCUT2D eigenvalue weighted by atomic mass is 9.98. The van der Waals surface area contributed by atoms with Gasteiger partial charge in [-0.25, -0.2) is 4.79 Å². The Labute approximate surface area is 150 Å². The average Bonchev–Trinajstić information content (AvgIpc) is 2.48. The third-order valence-corrected chi connectivity index (χ3v) is 4.39. The fourth-order valence-corrected chi connectivity index (χ4v) is 2.94. The highest BCUT2D eigenvalue weighted by molar-refractivity contribution is 5.97. The lowest BCUT2D eigenvalue weighted by molar-refractivity contribution is -0.0558. The van der Waals surface area contributed by atoms with Gasteiger partial charge in [0.2, 0.25) is 0 Å². The van der Waals surface area contributed by atoms with Gasteiger partial charge in [0.05, 0.1) is 25.3 Å². The first kappa shape index (κ1) is 19.4. The Hall–Kier alpha value is -1.88. The maximum absolute atomic E-state index is 12.7. The Morgan fingerprint density at radius 3 is 2.48 bits per heavy atom. The largest absolute Gasteiger partial charge is 0.444 e. The maximum Gasteiger partial charge on any atom is 0.410 e. The predicted molar refractivity (Wildman–Crippen MR) is 97.0 cm³/mol. The average molecular weight is 347 g/mol. The molecule has 1 fully saturated rings. The number of hydrogen-bond donors (Lipinski definition) is 0. The van der Waals surface area contributed by atoms with E-state index in [-0.39, 0.29) is 30.4 Å². The van der Waals surface area contributed by atoms with Crippen LogP contribution in [0.25, 0.3) is 0 Å². The SMILES string of the molecule is Cc1ccc(C(=O)CC2COCC(C)N2C(=O)OC(C)(C)C)cc1C. The van der Waals surface area contributed by atoms with Crippen molar-refractivity contribution in [2.75, 3.05) is 13.2 Å². The number of rotatable bonds is 3. The van der Waals surface area contributed by atoms with Crippen molar-refractivity contribution in [1.29, 1.82) is 0 Å². The third kappa shape index (κ3) is 5.05. The molecule has 1 aliphatic rings. The summed E-state index contributed by atoms with van der Waals surface area (Å²) >= 11 is 0. The van der Waals surface area contributed by atoms with Crippen LogP contribution in [0.4, 0.5) is 4.79 Å². The van der Waals surface area contributed by atoms with Gasteiger partial charge in [-0.05, 0) is 58.7 Å². The molecule has 1 aromatic carbocycles. The molecule has 0 bridgehead atoms. The number of carbonyl (C=O) groups excluding carboxylic acids is 2. The van der Waals surface area contributed by atoms with E-state index in [9.17, 15) is 9.59 Å². The van der Waals surface area contributed by atoms with Gasteiger partial charge in [-0.2, -0.15) is 0 Å². The van der Waals surface area contributed by atoms with Gasteiger partial charge in [-0.3, -0.25) is 9.69 Å². The monoisotopic (exact) mass is 347 g/mol. The maximum atomic E-state index is 12.7. The molecule has 1 heterocycles. The van der Waals surface area contributed by atoms with Crippen LogP contribution >= 0.6 is 0 Å². The van der Waals surface area contributed by atoms with Crippen LogP contribution in [0.1, 0.15) is 55.6 Å². The van der Waals surface area contributed by atoms with E-state index >= 15 is 0 Å². The molecular formula is C20H29NO4. The fraction of sp³-hybridized carbons (Fsp3) is 0.600. The topological polar surface area (TPSA) is 55.8 Å². The van der Waals surface area contributed by atoms with E-state index < -0.39 is 5.60 Å². The van der Waals surface area contributed by atoms with Crippen molar-refractivity contribution in [3.05, 3.63) is 34.9 Å². The summed E-state index contributed by atoms with van der Waals surface area (Å²) in [6, 6.07) is 5.26. The highest BCUT2D eigenvalue weighted by Crippen LogP contribution is 2.22. The summed E-state index contributed by atoms with van der Waals surface area (Å²) in [6.45, 7) is 12.2. The van der Waals surface area contributed by atoms with E-state index in [4.69, 9.17) is 9.47 Å². The minimum atomic E-state index is -0.572. The van der Waals surface area contributed by atoms with Gasteiger partial charge in [0, 0.05) is 12.0 Å². The lowest BCUT2D eigenvalue weighted by Crippen LogP contribution is -2.55. The van der Waals surface area contributed by atoms with E-state index in [2.05, 4.69) is 0 Å². The van der Waals surface area contributed by atoms with Crippen molar-refractivity contribution in [1.82, 2.24) is 4.90 Å². The minimum Gasteiger partial charge on any atom is -0.444 e. The number of aryl methyl sites for hydroxylation is 2. The van der Waals surface area contributed by atoms with Gasteiger partial charge in [0.25, 0.3) is 0 Å². The molecule has 1 saturated heterocycles. The molecule has 1 aliphatic heterocycles. The van der Waals surface area contributed by atoms with Crippen LogP contribution in [0.15, 0.2) is 18.2 Å². The van der Waals surface area contributed by atoms with Crippen LogP contribution in [0, 0.1) is 13.8 Å². The van der Waals surface area contributed by atoms with E-state index in [1.165, 1.54) is 0 Å². The van der Waals surface area contributed by atoms with Crippen molar-refractivity contribution >= 4 is 11.9 Å². The Balaban J connectivity index is 2.15. The Morgan fingerprint density at radius 2 is 1.88 bits per heavy atom. The van der Waals surface area contributed by atoms with Crippen LogP contribution in [-0.2, 0) is 9.47 Å². The molecule has 0 N–H and O–H groups in total. The first-order chi connectivity index (χ1) is 11.6. The smallest absolute Gasteiger partial charge is 0.410 e. The van der Waals surface area contributed by atoms with Crippen LogP contribution in [0.5, 0.6) is 0 Å². The van der Waals surface area contributed by atoms with Crippen LogP contribution in [0.2, 0.25) is 0 Å². The standard InChI is InChI=1S/C20H29NO4/c1-13-7-8-16(9-14(13)2)18(22)10-17-12-24-11-15(3)21(17)19(23)25-20(4,5)6/h7-9,15,17H,10-12H2,1-6H3. The molecule has 138 valence electrons. The van der Waals surface area contributed by atoms with Gasteiger partial charge in [0.15, 0.2) is 5.78 Å². The molecule has 2 atom stereocenters. The number of carbonyl (C=O) groups is 2. The Bertz CT molecular complexity index is 648. The quantitative estimate of drug-likeness (QED) is 0.778. The molecule has 1 amide bonds. The highest BCUT2D eigenvalue weighted by Gasteiger charge is 2.36. The summed E-state index contributed by atoms with van der Waals surface area (Å²) in [5.41, 5.74) is 2.34. The zero-order chi connectivity index (χ0) is 18.8. The molecule has 2 unspecified atom stereocenters. The molecule has 0 spiro atoms. The summed E-state index contributed by atoms with van der Waals surface area (Å²) < 4.78 is 11.1. The predicted octanol–water partition coefficient (Wildman–Crippen LogP) is 3.90. The molecular weight excluding hydrogens is 318 g/mol. The fourth-order valence-electron chi connectivity index (χ4n) is 2.94. The summed E-state index contributed by atoms with van der Waals surface area (Å²) in [4.78, 5) is 27.0. The van der Waals surface area contributed by atoms with Gasteiger partial charge < -0.3 is 9.47 Å². The molecule has 0 saturated carbocycles. The molecule has 25 heavy (non-hydrogen) atoms. The van der Waals surface area contributed by atoms with Crippen LogP contribution in [-0.4, -0.2) is 47.7 Å². The second-order valence-electron chi connectivity index (χ2n) is 7.85. The number of nitrogens with zero attached hydrogens (tertiary/aromatic N) is 1. The van der Waals surface area contributed by atoms with Crippen molar-refractivity contribution in [3.63, 3.8) is 0 Å². The number of ether oxygens (including phenoxy) is 2. The molecule has 5 heteroatoms. The summed E-state index contributed by atoms with van der Waals surface area (Å²) in [6.07, 6.45) is -0.160. The van der Waals surface area contributed by atoms with Crippen LogP contribution < -0.4 is 0 Å². The van der Waals surface area contributed by atoms with Crippen molar-refractivity contribution in [3.8, 4) is 0 Å². The summed E-state index contributed by atoms with van der Waals surface area (Å²) in [5.74, 6) is 0.0133. The number of benzene rings is 1. The van der Waals surface area contributed by atoms with Gasteiger partial charge >= 0.3 is 6.09 Å². The third-order valence-electron chi connectivity index (χ3n) is 4.39. The Kier molecular flexibility index (Phi) is 5.88. The summed E-state index contributed by atoms with van der Waals surface area (Å²) in [7, 11) is 0. The summed E-state index contributed by atoms with van der Waals surface area (Å²) in [5, 5.41) is 0. The first-order valence-electron chi connectivity index (χ1n) is 8.78. The Morgan fingerprint density at radius 1 is 1.20 bits per heavy atom. The van der Waals surface area contributed by atoms with E-state index in [1.54, 1.807) is 4.90 Å². The molecule has 0 aromatic heterocycles. The zero-order valence-corrected chi connectivity index (χ0v) is 16.1. The molecule has 5 nitrogen and oxygen atoms in total. The highest BCUT2D eigenvalue weighted by atomic mass is 16.6. The van der Waals surface area contributed by atoms with E-state index in [1.807, 2.05) is 59.7 Å². The second-order valence-corrected chi connectivity index (χ2v) is 7.85. The number of hydrogen-bond acceptors (Lipinski definition) is 4. The van der Waals surface area contributed by atoms with Gasteiger partial charge in [0.1, 0.15) is 5.60 Å². The van der Waals surface area contributed by atoms with Crippen LogP contribution in [0.3, 0.4) is 0 Å². The second kappa shape index (κ2) is 7.56. The van der Waals surface area contributed by atoms with E-state index in [0.29, 0.717) is 18.8 Å². The minimum absolute atomic E-state index is 0.0133. The number of morpholine rings is 1. The first-order valence-corrected chi connectivity index (χ1v) is 8.78. The molecule has 2 rings (SSSR count). The zero-order valence-electron chi connectivity index (χ0n) is 16.1. The lowest BCUT2D eigenvalue weighted by Gasteiger charge is -2.40. The van der Waals surface area contributed by atoms with Crippen molar-refractivity contribution in [2.45, 2.75) is 65.6 Å². The number of ketones is 1. The van der Waals surface area contributed by atoms with Crippen molar-refractivity contribution in [2.24, 2.45) is 0 Å². The molecule has 0 aliphatic carbocycles. The van der Waals surface area contributed by atoms with Gasteiger partial charge in [-0.15, -0.1) is 0 Å². The van der Waals surface area contributed by atoms with Crippen molar-refractivity contribution < 1.29 is 19.1 Å².